The Labute approximate surface area is 86.8 Å². The fourth-order valence-electron chi connectivity index (χ4n) is 1.81. The van der Waals surface area contributed by atoms with Crippen molar-refractivity contribution in [1.29, 1.82) is 0 Å². The summed E-state index contributed by atoms with van der Waals surface area (Å²) in [5, 5.41) is 0. The molecule has 0 N–H and O–H groups in total. The molecule has 0 unspecified atom stereocenters. The van der Waals surface area contributed by atoms with Gasteiger partial charge in [-0.05, 0) is 58.9 Å². The molecule has 0 aromatic heterocycles. The first-order valence-corrected chi connectivity index (χ1v) is 5.69. The summed E-state index contributed by atoms with van der Waals surface area (Å²) in [4.78, 5) is 4.60. The first-order valence-electron chi connectivity index (χ1n) is 5.15. The van der Waals surface area contributed by atoms with E-state index < -0.39 is 0 Å². The maximum absolute atomic E-state index is 5.71. The molecule has 1 rings (SSSR count). The SMILES string of the molecule is CN(CCl)CCC1CCN(C)CC1. The van der Waals surface area contributed by atoms with Crippen LogP contribution in [-0.4, -0.2) is 49.5 Å². The number of hydrogen-bond acceptors (Lipinski definition) is 2. The first-order chi connectivity index (χ1) is 6.22. The summed E-state index contributed by atoms with van der Waals surface area (Å²) in [6.45, 7) is 3.70. The van der Waals surface area contributed by atoms with Crippen LogP contribution in [0, 0.1) is 5.92 Å². The Kier molecular flexibility index (Phi) is 5.07. The van der Waals surface area contributed by atoms with E-state index in [-0.39, 0.29) is 0 Å². The number of nitrogens with zero attached hydrogens (tertiary/aromatic N) is 2. The van der Waals surface area contributed by atoms with Gasteiger partial charge in [0.05, 0.1) is 6.00 Å². The first kappa shape index (κ1) is 11.3. The summed E-state index contributed by atoms with van der Waals surface area (Å²) in [6.07, 6.45) is 4.05. The second-order valence-corrected chi connectivity index (χ2v) is 4.47. The molecule has 0 spiro atoms. The van der Waals surface area contributed by atoms with Crippen LogP contribution in [0.25, 0.3) is 0 Å². The van der Waals surface area contributed by atoms with Crippen LogP contribution in [0.5, 0.6) is 0 Å². The minimum Gasteiger partial charge on any atom is -0.306 e. The molecular weight excluding hydrogens is 184 g/mol. The Balaban J connectivity index is 2.08. The van der Waals surface area contributed by atoms with E-state index in [2.05, 4.69) is 23.9 Å². The molecule has 0 aromatic carbocycles. The van der Waals surface area contributed by atoms with Crippen molar-refractivity contribution in [2.45, 2.75) is 19.3 Å². The standard InChI is InChI=1S/C10H21ClN2/c1-12-6-3-10(4-7-12)5-8-13(2)9-11/h10H,3-9H2,1-2H3. The summed E-state index contributed by atoms with van der Waals surface area (Å²) in [6, 6.07) is 0.659. The molecule has 1 aliphatic heterocycles. The quantitative estimate of drug-likeness (QED) is 0.510. The van der Waals surface area contributed by atoms with Crippen molar-refractivity contribution >= 4 is 11.6 Å². The van der Waals surface area contributed by atoms with Gasteiger partial charge in [0.25, 0.3) is 0 Å². The van der Waals surface area contributed by atoms with Crippen molar-refractivity contribution in [2.24, 2.45) is 5.92 Å². The van der Waals surface area contributed by atoms with Crippen molar-refractivity contribution in [2.75, 3.05) is 39.7 Å². The maximum atomic E-state index is 5.71. The molecule has 1 heterocycles. The van der Waals surface area contributed by atoms with Crippen molar-refractivity contribution in [1.82, 2.24) is 9.80 Å². The monoisotopic (exact) mass is 204 g/mol. The van der Waals surface area contributed by atoms with Crippen LogP contribution in [0.2, 0.25) is 0 Å². The highest BCUT2D eigenvalue weighted by atomic mass is 35.5. The summed E-state index contributed by atoms with van der Waals surface area (Å²) in [5.41, 5.74) is 0. The Hall–Kier alpha value is 0.210. The summed E-state index contributed by atoms with van der Waals surface area (Å²) in [7, 11) is 4.29. The lowest BCUT2D eigenvalue weighted by Gasteiger charge is -2.29. The second-order valence-electron chi connectivity index (χ2n) is 4.23. The van der Waals surface area contributed by atoms with Gasteiger partial charge in [0, 0.05) is 0 Å². The lowest BCUT2D eigenvalue weighted by atomic mass is 9.94. The predicted octanol–water partition coefficient (Wildman–Crippen LogP) is 1.85. The molecule has 0 aromatic rings. The lowest BCUT2D eigenvalue weighted by Crippen LogP contribution is -2.31. The molecule has 0 bridgehead atoms. The molecule has 3 heteroatoms. The van der Waals surface area contributed by atoms with E-state index in [4.69, 9.17) is 11.6 Å². The topological polar surface area (TPSA) is 6.48 Å². The van der Waals surface area contributed by atoms with Crippen LogP contribution >= 0.6 is 11.6 Å². The molecule has 13 heavy (non-hydrogen) atoms. The van der Waals surface area contributed by atoms with E-state index in [0.717, 1.165) is 12.5 Å². The highest BCUT2D eigenvalue weighted by Crippen LogP contribution is 2.19. The largest absolute Gasteiger partial charge is 0.306 e. The summed E-state index contributed by atoms with van der Waals surface area (Å²) in [5.74, 6) is 0.932. The molecule has 0 atom stereocenters. The van der Waals surface area contributed by atoms with Gasteiger partial charge in [-0.1, -0.05) is 0 Å². The molecule has 0 aliphatic carbocycles. The van der Waals surface area contributed by atoms with Gasteiger partial charge in [-0.2, -0.15) is 0 Å². The van der Waals surface area contributed by atoms with Crippen LogP contribution in [0.4, 0.5) is 0 Å². The van der Waals surface area contributed by atoms with Crippen LogP contribution < -0.4 is 0 Å². The normalized spacial score (nSPS) is 21.2. The Morgan fingerprint density at radius 1 is 1.38 bits per heavy atom. The molecule has 2 nitrogen and oxygen atoms in total. The maximum Gasteiger partial charge on any atom is 0.0735 e. The molecule has 0 saturated carbocycles. The number of alkyl halides is 1. The third-order valence-corrected chi connectivity index (χ3v) is 3.37. The van der Waals surface area contributed by atoms with Crippen molar-refractivity contribution in [3.8, 4) is 0 Å². The number of hydrogen-bond donors (Lipinski definition) is 0. The number of rotatable bonds is 4. The van der Waals surface area contributed by atoms with Gasteiger partial charge in [-0.3, -0.25) is 4.90 Å². The average molecular weight is 205 g/mol. The fraction of sp³-hybridized carbons (Fsp3) is 1.00. The Bertz CT molecular complexity index is 133. The molecule has 0 radical (unpaired) electrons. The lowest BCUT2D eigenvalue weighted by molar-refractivity contribution is 0.200. The molecule has 1 aliphatic rings. The third-order valence-electron chi connectivity index (χ3n) is 2.96. The fourth-order valence-corrected chi connectivity index (χ4v) is 1.93. The minimum absolute atomic E-state index is 0.659. The van der Waals surface area contributed by atoms with E-state index in [1.165, 1.54) is 32.4 Å². The van der Waals surface area contributed by atoms with Crippen LogP contribution in [0.3, 0.4) is 0 Å². The molecule has 78 valence electrons. The zero-order valence-corrected chi connectivity index (χ0v) is 9.56. The Morgan fingerprint density at radius 2 is 2.00 bits per heavy atom. The number of piperidine rings is 1. The van der Waals surface area contributed by atoms with E-state index in [9.17, 15) is 0 Å². The molecular formula is C10H21ClN2. The third kappa shape index (κ3) is 4.30. The second kappa shape index (κ2) is 5.84. The summed E-state index contributed by atoms with van der Waals surface area (Å²) >= 11 is 5.71. The van der Waals surface area contributed by atoms with E-state index in [0.29, 0.717) is 6.00 Å². The van der Waals surface area contributed by atoms with Crippen molar-refractivity contribution in [3.05, 3.63) is 0 Å². The van der Waals surface area contributed by atoms with Gasteiger partial charge >= 0.3 is 0 Å². The smallest absolute Gasteiger partial charge is 0.0735 e. The Morgan fingerprint density at radius 3 is 2.54 bits per heavy atom. The number of halogens is 1. The highest BCUT2D eigenvalue weighted by molar-refractivity contribution is 6.17. The molecule has 0 amide bonds. The van der Waals surface area contributed by atoms with Gasteiger partial charge in [-0.25, -0.2) is 0 Å². The zero-order chi connectivity index (χ0) is 9.68. The minimum atomic E-state index is 0.659. The molecule has 1 saturated heterocycles. The van der Waals surface area contributed by atoms with E-state index in [1.54, 1.807) is 0 Å². The van der Waals surface area contributed by atoms with Gasteiger partial charge in [0.2, 0.25) is 0 Å². The van der Waals surface area contributed by atoms with Crippen LogP contribution in [0.15, 0.2) is 0 Å². The van der Waals surface area contributed by atoms with Gasteiger partial charge in [0.1, 0.15) is 0 Å². The zero-order valence-electron chi connectivity index (χ0n) is 8.80. The average Bonchev–Trinajstić information content (AvgIpc) is 2.16. The van der Waals surface area contributed by atoms with Gasteiger partial charge < -0.3 is 4.90 Å². The van der Waals surface area contributed by atoms with Gasteiger partial charge in [-0.15, -0.1) is 11.6 Å². The van der Waals surface area contributed by atoms with Crippen molar-refractivity contribution < 1.29 is 0 Å². The number of likely N-dealkylation sites (tertiary alicyclic amines) is 1. The predicted molar refractivity (Wildman–Crippen MR) is 58.2 cm³/mol. The molecule has 1 fully saturated rings. The van der Waals surface area contributed by atoms with Crippen molar-refractivity contribution in [3.63, 3.8) is 0 Å². The van der Waals surface area contributed by atoms with Crippen LogP contribution in [-0.2, 0) is 0 Å². The highest BCUT2D eigenvalue weighted by Gasteiger charge is 2.16. The van der Waals surface area contributed by atoms with E-state index in [1.807, 2.05) is 0 Å². The van der Waals surface area contributed by atoms with Gasteiger partial charge in [0.15, 0.2) is 0 Å². The summed E-state index contributed by atoms with van der Waals surface area (Å²) < 4.78 is 0. The van der Waals surface area contributed by atoms with E-state index >= 15 is 0 Å². The van der Waals surface area contributed by atoms with Crippen LogP contribution in [0.1, 0.15) is 19.3 Å².